The monoisotopic (exact) mass is 396 g/mol. The highest BCUT2D eigenvalue weighted by molar-refractivity contribution is 5.74. The van der Waals surface area contributed by atoms with E-state index in [-0.39, 0.29) is 5.41 Å². The van der Waals surface area contributed by atoms with Gasteiger partial charge in [0, 0.05) is 45.1 Å². The second-order valence-electron chi connectivity index (χ2n) is 8.75. The summed E-state index contributed by atoms with van der Waals surface area (Å²) >= 11 is 0. The lowest BCUT2D eigenvalue weighted by atomic mass is 9.92. The van der Waals surface area contributed by atoms with Gasteiger partial charge in [0.1, 0.15) is 5.75 Å². The van der Waals surface area contributed by atoms with Crippen LogP contribution in [0.5, 0.6) is 5.75 Å². The van der Waals surface area contributed by atoms with E-state index in [1.54, 1.807) is 0 Å². The van der Waals surface area contributed by atoms with Crippen molar-refractivity contribution in [2.45, 2.75) is 33.6 Å². The zero-order valence-electron chi connectivity index (χ0n) is 18.4. The van der Waals surface area contributed by atoms with Gasteiger partial charge in [-0.2, -0.15) is 0 Å². The van der Waals surface area contributed by atoms with Crippen LogP contribution in [0, 0.1) is 5.41 Å². The molecule has 0 fully saturated rings. The van der Waals surface area contributed by atoms with Crippen molar-refractivity contribution in [3.05, 3.63) is 48.3 Å². The van der Waals surface area contributed by atoms with Gasteiger partial charge >= 0.3 is 0 Å². The topological polar surface area (TPSA) is 40.6 Å². The van der Waals surface area contributed by atoms with Gasteiger partial charge in [0.2, 0.25) is 0 Å². The van der Waals surface area contributed by atoms with Crippen LogP contribution in [0.3, 0.4) is 0 Å². The summed E-state index contributed by atoms with van der Waals surface area (Å²) in [5.41, 5.74) is 4.11. The minimum absolute atomic E-state index is 0.256. The van der Waals surface area contributed by atoms with Crippen molar-refractivity contribution >= 4 is 11.4 Å². The summed E-state index contributed by atoms with van der Waals surface area (Å²) in [5, 5.41) is 3.49. The van der Waals surface area contributed by atoms with Crippen LogP contribution >= 0.6 is 0 Å². The zero-order valence-corrected chi connectivity index (χ0v) is 18.4. The lowest BCUT2D eigenvalue weighted by Crippen LogP contribution is -2.37. The number of benzene rings is 1. The van der Waals surface area contributed by atoms with Crippen molar-refractivity contribution in [3.63, 3.8) is 0 Å². The van der Waals surface area contributed by atoms with Crippen LogP contribution in [-0.4, -0.2) is 51.4 Å². The number of ether oxygens (including phenoxy) is 1. The van der Waals surface area contributed by atoms with Crippen LogP contribution in [-0.2, 0) is 6.42 Å². The molecule has 5 heteroatoms. The minimum Gasteiger partial charge on any atom is -0.493 e. The predicted octanol–water partition coefficient (Wildman–Crippen LogP) is 3.99. The summed E-state index contributed by atoms with van der Waals surface area (Å²) in [6.45, 7) is 12.7. The standard InChI is InChI=1S/C24H36N4O/c1-5-28-19-24(2,3)18-27(4)23-16-21(9-10-22(23)28)29-15-7-13-25-14-11-20-8-6-12-26-17-20/h6,8-10,12,16-17,25H,5,7,11,13-15,18-19H2,1-4H3. The molecule has 1 aromatic carbocycles. The second kappa shape index (κ2) is 9.97. The van der Waals surface area contributed by atoms with Crippen molar-refractivity contribution in [1.82, 2.24) is 10.3 Å². The fourth-order valence-corrected chi connectivity index (χ4v) is 4.12. The number of aromatic nitrogens is 1. The van der Waals surface area contributed by atoms with E-state index >= 15 is 0 Å². The van der Waals surface area contributed by atoms with E-state index in [0.29, 0.717) is 0 Å². The normalized spacial score (nSPS) is 15.7. The molecule has 1 N–H and O–H groups in total. The molecule has 1 aliphatic rings. The maximum absolute atomic E-state index is 6.05. The quantitative estimate of drug-likeness (QED) is 0.649. The maximum Gasteiger partial charge on any atom is 0.121 e. The number of fused-ring (bicyclic) bond motifs is 1. The van der Waals surface area contributed by atoms with Crippen molar-refractivity contribution in [2.24, 2.45) is 5.41 Å². The molecule has 1 aromatic heterocycles. The van der Waals surface area contributed by atoms with Gasteiger partial charge in [-0.3, -0.25) is 4.98 Å². The molecule has 3 rings (SSSR count). The Labute approximate surface area is 176 Å². The molecule has 2 heterocycles. The Morgan fingerprint density at radius 1 is 1.14 bits per heavy atom. The van der Waals surface area contributed by atoms with Gasteiger partial charge < -0.3 is 19.9 Å². The average molecular weight is 397 g/mol. The molecule has 0 amide bonds. The van der Waals surface area contributed by atoms with E-state index in [1.165, 1.54) is 16.9 Å². The first-order valence-electron chi connectivity index (χ1n) is 10.8. The SMILES string of the molecule is CCN1CC(C)(C)CN(C)c2cc(OCCCNCCc3cccnc3)ccc21. The van der Waals surface area contributed by atoms with E-state index in [0.717, 1.165) is 57.9 Å². The lowest BCUT2D eigenvalue weighted by Gasteiger charge is -2.30. The first kappa shape index (κ1) is 21.4. The molecule has 0 radical (unpaired) electrons. The third-order valence-corrected chi connectivity index (χ3v) is 5.44. The Morgan fingerprint density at radius 2 is 2.00 bits per heavy atom. The van der Waals surface area contributed by atoms with Crippen LogP contribution in [0.2, 0.25) is 0 Å². The van der Waals surface area contributed by atoms with E-state index in [1.807, 2.05) is 18.5 Å². The van der Waals surface area contributed by atoms with Gasteiger partial charge in [-0.25, -0.2) is 0 Å². The molecule has 0 saturated carbocycles. The number of hydrogen-bond acceptors (Lipinski definition) is 5. The van der Waals surface area contributed by atoms with Crippen molar-refractivity contribution in [3.8, 4) is 5.75 Å². The Bertz CT molecular complexity index is 763. The van der Waals surface area contributed by atoms with Crippen LogP contribution in [0.1, 0.15) is 32.8 Å². The molecule has 0 aliphatic carbocycles. The number of hydrogen-bond donors (Lipinski definition) is 1. The first-order valence-corrected chi connectivity index (χ1v) is 10.8. The molecular formula is C24H36N4O. The smallest absolute Gasteiger partial charge is 0.121 e. The van der Waals surface area contributed by atoms with Gasteiger partial charge in [-0.05, 0) is 62.0 Å². The second-order valence-corrected chi connectivity index (χ2v) is 8.75. The van der Waals surface area contributed by atoms with Crippen molar-refractivity contribution < 1.29 is 4.74 Å². The molecule has 29 heavy (non-hydrogen) atoms. The number of nitrogens with one attached hydrogen (secondary N) is 1. The van der Waals surface area contributed by atoms with E-state index < -0.39 is 0 Å². The van der Waals surface area contributed by atoms with Gasteiger partial charge in [-0.15, -0.1) is 0 Å². The van der Waals surface area contributed by atoms with E-state index in [4.69, 9.17) is 4.74 Å². The summed E-state index contributed by atoms with van der Waals surface area (Å²) in [6.07, 6.45) is 5.75. The zero-order chi connectivity index (χ0) is 20.7. The summed E-state index contributed by atoms with van der Waals surface area (Å²) < 4.78 is 6.05. The first-order chi connectivity index (χ1) is 14.0. The summed E-state index contributed by atoms with van der Waals surface area (Å²) in [6, 6.07) is 10.6. The molecule has 0 saturated heterocycles. The highest BCUT2D eigenvalue weighted by Crippen LogP contribution is 2.38. The van der Waals surface area contributed by atoms with Gasteiger partial charge in [0.25, 0.3) is 0 Å². The van der Waals surface area contributed by atoms with Crippen LogP contribution in [0.25, 0.3) is 0 Å². The van der Waals surface area contributed by atoms with Crippen LogP contribution < -0.4 is 19.9 Å². The number of pyridine rings is 1. The maximum atomic E-state index is 6.05. The molecule has 158 valence electrons. The highest BCUT2D eigenvalue weighted by Gasteiger charge is 2.29. The van der Waals surface area contributed by atoms with Crippen LogP contribution in [0.4, 0.5) is 11.4 Å². The van der Waals surface area contributed by atoms with Crippen molar-refractivity contribution in [1.29, 1.82) is 0 Å². The van der Waals surface area contributed by atoms with Gasteiger partial charge in [-0.1, -0.05) is 19.9 Å². The Morgan fingerprint density at radius 3 is 2.76 bits per heavy atom. The Balaban J connectivity index is 1.46. The molecule has 0 bridgehead atoms. The summed E-state index contributed by atoms with van der Waals surface area (Å²) in [7, 11) is 2.19. The number of rotatable bonds is 9. The number of nitrogens with zero attached hydrogens (tertiary/aromatic N) is 3. The van der Waals surface area contributed by atoms with Gasteiger partial charge in [0.15, 0.2) is 0 Å². The highest BCUT2D eigenvalue weighted by atomic mass is 16.5. The molecule has 2 aromatic rings. The number of anilines is 2. The van der Waals surface area contributed by atoms with Crippen molar-refractivity contribution in [2.75, 3.05) is 56.2 Å². The lowest BCUT2D eigenvalue weighted by molar-refractivity contribution is 0.308. The largest absolute Gasteiger partial charge is 0.493 e. The molecule has 0 unspecified atom stereocenters. The molecule has 5 nitrogen and oxygen atoms in total. The van der Waals surface area contributed by atoms with Gasteiger partial charge in [0.05, 0.1) is 18.0 Å². The Hall–Kier alpha value is -2.27. The Kier molecular flexibility index (Phi) is 7.37. The van der Waals surface area contributed by atoms with E-state index in [2.05, 4.69) is 72.2 Å². The third-order valence-electron chi connectivity index (χ3n) is 5.44. The molecule has 0 spiro atoms. The molecule has 1 aliphatic heterocycles. The average Bonchev–Trinajstić information content (AvgIpc) is 2.81. The van der Waals surface area contributed by atoms with Crippen LogP contribution in [0.15, 0.2) is 42.7 Å². The summed E-state index contributed by atoms with van der Waals surface area (Å²) in [4.78, 5) is 9.01. The third kappa shape index (κ3) is 6.10. The molecule has 0 atom stereocenters. The fourth-order valence-electron chi connectivity index (χ4n) is 4.12. The fraction of sp³-hybridized carbons (Fsp3) is 0.542. The van der Waals surface area contributed by atoms with E-state index in [9.17, 15) is 0 Å². The molecular weight excluding hydrogens is 360 g/mol. The minimum atomic E-state index is 0.256. The summed E-state index contributed by atoms with van der Waals surface area (Å²) in [5.74, 6) is 0.960. The predicted molar refractivity (Wildman–Crippen MR) is 122 cm³/mol.